The fourth-order valence-corrected chi connectivity index (χ4v) is 2.35. The van der Waals surface area contributed by atoms with Crippen LogP contribution in [0.4, 0.5) is 0 Å². The van der Waals surface area contributed by atoms with E-state index >= 15 is 0 Å². The lowest BCUT2D eigenvalue weighted by Crippen LogP contribution is -2.23. The molecule has 0 saturated carbocycles. The minimum absolute atomic E-state index is 0.0573. The SMILES string of the molecule is Cc1c(Cl)cc(C(=O)NCc2nc(-c3ncccn3)no2)cc1Cl. The summed E-state index contributed by atoms with van der Waals surface area (Å²) in [5.41, 5.74) is 1.07. The predicted molar refractivity (Wildman–Crippen MR) is 87.7 cm³/mol. The summed E-state index contributed by atoms with van der Waals surface area (Å²) < 4.78 is 5.06. The number of carbonyl (C=O) groups is 1. The topological polar surface area (TPSA) is 93.8 Å². The molecule has 0 radical (unpaired) electrons. The Hall–Kier alpha value is -2.51. The van der Waals surface area contributed by atoms with E-state index in [9.17, 15) is 4.79 Å². The second kappa shape index (κ2) is 6.94. The van der Waals surface area contributed by atoms with Crippen LogP contribution < -0.4 is 5.32 Å². The molecule has 122 valence electrons. The molecular formula is C15H11Cl2N5O2. The number of nitrogens with zero attached hydrogens (tertiary/aromatic N) is 4. The third-order valence-electron chi connectivity index (χ3n) is 3.18. The second-order valence-corrected chi connectivity index (χ2v) is 5.65. The monoisotopic (exact) mass is 363 g/mol. The predicted octanol–water partition coefficient (Wildman–Crippen LogP) is 3.07. The van der Waals surface area contributed by atoms with Gasteiger partial charge in [-0.3, -0.25) is 4.79 Å². The highest BCUT2D eigenvalue weighted by atomic mass is 35.5. The lowest BCUT2D eigenvalue weighted by atomic mass is 10.1. The number of benzene rings is 1. The molecule has 9 heteroatoms. The molecule has 0 fully saturated rings. The number of carbonyl (C=O) groups excluding carboxylic acids is 1. The van der Waals surface area contributed by atoms with E-state index in [1.54, 1.807) is 37.5 Å². The first-order chi connectivity index (χ1) is 11.5. The van der Waals surface area contributed by atoms with E-state index < -0.39 is 0 Å². The third-order valence-corrected chi connectivity index (χ3v) is 3.96. The van der Waals surface area contributed by atoms with E-state index in [1.807, 2.05) is 0 Å². The Morgan fingerprint density at radius 1 is 1.17 bits per heavy atom. The molecule has 1 amide bonds. The summed E-state index contributed by atoms with van der Waals surface area (Å²) in [6.07, 6.45) is 3.15. The number of hydrogen-bond acceptors (Lipinski definition) is 6. The maximum Gasteiger partial charge on any atom is 0.251 e. The summed E-state index contributed by atoms with van der Waals surface area (Å²) in [4.78, 5) is 24.3. The van der Waals surface area contributed by atoms with Crippen LogP contribution in [0.3, 0.4) is 0 Å². The van der Waals surface area contributed by atoms with Gasteiger partial charge in [-0.2, -0.15) is 4.98 Å². The highest BCUT2D eigenvalue weighted by molar-refractivity contribution is 6.36. The average Bonchev–Trinajstić information content (AvgIpc) is 3.07. The van der Waals surface area contributed by atoms with Gasteiger partial charge < -0.3 is 9.84 Å². The summed E-state index contributed by atoms with van der Waals surface area (Å²) in [7, 11) is 0. The van der Waals surface area contributed by atoms with Crippen molar-refractivity contribution in [1.29, 1.82) is 0 Å². The molecule has 0 aliphatic carbocycles. The van der Waals surface area contributed by atoms with Gasteiger partial charge in [-0.25, -0.2) is 9.97 Å². The van der Waals surface area contributed by atoms with Gasteiger partial charge in [-0.05, 0) is 30.7 Å². The Kier molecular flexibility index (Phi) is 4.73. The fourth-order valence-electron chi connectivity index (χ4n) is 1.87. The minimum Gasteiger partial charge on any atom is -0.343 e. The normalized spacial score (nSPS) is 10.6. The maximum absolute atomic E-state index is 12.2. The van der Waals surface area contributed by atoms with Crippen molar-refractivity contribution in [1.82, 2.24) is 25.4 Å². The number of aromatic nitrogens is 4. The van der Waals surface area contributed by atoms with E-state index in [-0.39, 0.29) is 24.2 Å². The third kappa shape index (κ3) is 3.52. The highest BCUT2D eigenvalue weighted by Crippen LogP contribution is 2.25. The molecule has 2 aromatic heterocycles. The van der Waals surface area contributed by atoms with Crippen LogP contribution in [-0.2, 0) is 6.54 Å². The van der Waals surface area contributed by atoms with E-state index in [0.717, 1.165) is 5.56 Å². The first kappa shape index (κ1) is 16.4. The van der Waals surface area contributed by atoms with Gasteiger partial charge in [0.25, 0.3) is 5.91 Å². The lowest BCUT2D eigenvalue weighted by Gasteiger charge is -2.06. The quantitative estimate of drug-likeness (QED) is 0.765. The molecule has 2 heterocycles. The van der Waals surface area contributed by atoms with Crippen molar-refractivity contribution in [2.75, 3.05) is 0 Å². The number of nitrogens with one attached hydrogen (secondary N) is 1. The largest absolute Gasteiger partial charge is 0.343 e. The molecule has 0 bridgehead atoms. The Bertz CT molecular complexity index is 860. The van der Waals surface area contributed by atoms with E-state index in [4.69, 9.17) is 27.7 Å². The van der Waals surface area contributed by atoms with E-state index in [2.05, 4.69) is 25.4 Å². The van der Waals surface area contributed by atoms with Crippen molar-refractivity contribution in [3.05, 3.63) is 57.7 Å². The lowest BCUT2D eigenvalue weighted by molar-refractivity contribution is 0.0946. The van der Waals surface area contributed by atoms with Crippen molar-refractivity contribution < 1.29 is 9.32 Å². The zero-order valence-electron chi connectivity index (χ0n) is 12.5. The first-order valence-corrected chi connectivity index (χ1v) is 7.64. The first-order valence-electron chi connectivity index (χ1n) is 6.88. The van der Waals surface area contributed by atoms with Gasteiger partial charge in [0.15, 0.2) is 0 Å². The molecule has 24 heavy (non-hydrogen) atoms. The maximum atomic E-state index is 12.2. The van der Waals surface area contributed by atoms with Crippen LogP contribution >= 0.6 is 23.2 Å². The van der Waals surface area contributed by atoms with E-state index in [0.29, 0.717) is 21.4 Å². The van der Waals surface area contributed by atoms with Crippen LogP contribution in [0, 0.1) is 6.92 Å². The Morgan fingerprint density at radius 2 is 1.83 bits per heavy atom. The van der Waals surface area contributed by atoms with Gasteiger partial charge in [0.1, 0.15) is 0 Å². The van der Waals surface area contributed by atoms with Crippen LogP contribution in [0.1, 0.15) is 21.8 Å². The summed E-state index contributed by atoms with van der Waals surface area (Å²) in [6.45, 7) is 1.83. The van der Waals surface area contributed by atoms with Crippen molar-refractivity contribution in [2.24, 2.45) is 0 Å². The number of rotatable bonds is 4. The molecule has 1 N–H and O–H groups in total. The molecule has 0 spiro atoms. The number of amides is 1. The molecule has 1 aromatic carbocycles. The second-order valence-electron chi connectivity index (χ2n) is 4.83. The summed E-state index contributed by atoms with van der Waals surface area (Å²) >= 11 is 12.1. The van der Waals surface area contributed by atoms with Gasteiger partial charge in [-0.1, -0.05) is 28.4 Å². The van der Waals surface area contributed by atoms with Gasteiger partial charge in [0.2, 0.25) is 17.5 Å². The molecule has 0 atom stereocenters. The zero-order chi connectivity index (χ0) is 17.1. The minimum atomic E-state index is -0.352. The van der Waals surface area contributed by atoms with Crippen molar-refractivity contribution in [3.8, 4) is 11.6 Å². The molecule has 7 nitrogen and oxygen atoms in total. The zero-order valence-corrected chi connectivity index (χ0v) is 14.0. The van der Waals surface area contributed by atoms with Crippen LogP contribution in [0.2, 0.25) is 10.0 Å². The fraction of sp³-hybridized carbons (Fsp3) is 0.133. The molecule has 0 aliphatic heterocycles. The van der Waals surface area contributed by atoms with Gasteiger partial charge >= 0.3 is 0 Å². The van der Waals surface area contributed by atoms with E-state index in [1.165, 1.54) is 0 Å². The molecule has 3 aromatic rings. The highest BCUT2D eigenvalue weighted by Gasteiger charge is 2.14. The summed E-state index contributed by atoms with van der Waals surface area (Å²) in [6, 6.07) is 4.78. The number of halogens is 2. The summed E-state index contributed by atoms with van der Waals surface area (Å²) in [5, 5.41) is 7.28. The molecule has 3 rings (SSSR count). The molecule has 0 unspecified atom stereocenters. The van der Waals surface area contributed by atoms with Crippen molar-refractivity contribution in [2.45, 2.75) is 13.5 Å². The Labute approximate surface area is 147 Å². The van der Waals surface area contributed by atoms with Crippen molar-refractivity contribution in [3.63, 3.8) is 0 Å². The van der Waals surface area contributed by atoms with Gasteiger partial charge in [-0.15, -0.1) is 0 Å². The average molecular weight is 364 g/mol. The van der Waals surface area contributed by atoms with Crippen LogP contribution in [-0.4, -0.2) is 26.0 Å². The van der Waals surface area contributed by atoms with Crippen molar-refractivity contribution >= 4 is 29.1 Å². The van der Waals surface area contributed by atoms with Crippen LogP contribution in [0.5, 0.6) is 0 Å². The Morgan fingerprint density at radius 3 is 2.50 bits per heavy atom. The van der Waals surface area contributed by atoms with Gasteiger partial charge in [0, 0.05) is 28.0 Å². The van der Waals surface area contributed by atoms with Gasteiger partial charge in [0.05, 0.1) is 6.54 Å². The van der Waals surface area contributed by atoms with Crippen LogP contribution in [0.15, 0.2) is 35.1 Å². The smallest absolute Gasteiger partial charge is 0.251 e. The Balaban J connectivity index is 1.68. The molecule has 0 aliphatic rings. The standard InChI is InChI=1S/C15H11Cl2N5O2/c1-8-10(16)5-9(6-11(8)17)15(23)20-7-12-21-14(22-24-12)13-18-3-2-4-19-13/h2-6H,7H2,1H3,(H,20,23). The summed E-state index contributed by atoms with van der Waals surface area (Å²) in [5.74, 6) is 0.474. The molecular weight excluding hydrogens is 353 g/mol. The number of hydrogen-bond donors (Lipinski definition) is 1. The van der Waals surface area contributed by atoms with Crippen LogP contribution in [0.25, 0.3) is 11.6 Å². The molecule has 0 saturated heterocycles.